The molecule has 1 aliphatic rings. The Labute approximate surface area is 162 Å². The average Bonchev–Trinajstić information content (AvgIpc) is 2.63. The minimum atomic E-state index is -3.69. The van der Waals surface area contributed by atoms with E-state index < -0.39 is 10.1 Å². The third-order valence-electron chi connectivity index (χ3n) is 4.97. The zero-order valence-corrected chi connectivity index (χ0v) is 17.0. The van der Waals surface area contributed by atoms with Gasteiger partial charge in [-0.25, -0.2) is 0 Å². The fraction of sp³-hybridized carbons (Fsp3) is 0.455. The molecule has 0 radical (unpaired) electrons. The van der Waals surface area contributed by atoms with Gasteiger partial charge in [0.25, 0.3) is 10.1 Å². The average molecular weight is 389 g/mol. The molecule has 146 valence electrons. The minimum Gasteiger partial charge on any atom is -0.491 e. The topological polar surface area (TPSA) is 52.6 Å². The lowest BCUT2D eigenvalue weighted by Crippen LogP contribution is -2.24. The minimum absolute atomic E-state index is 0.166. The summed E-state index contributed by atoms with van der Waals surface area (Å²) in [6.07, 6.45) is 3.28. The van der Waals surface area contributed by atoms with Crippen molar-refractivity contribution in [2.75, 3.05) is 0 Å². The molecule has 0 N–H and O–H groups in total. The summed E-state index contributed by atoms with van der Waals surface area (Å²) in [5, 5.41) is 0. The first-order valence-electron chi connectivity index (χ1n) is 9.60. The van der Waals surface area contributed by atoms with Gasteiger partial charge < -0.3 is 4.74 Å². The molecule has 0 atom stereocenters. The summed E-state index contributed by atoms with van der Waals surface area (Å²) >= 11 is 0. The fourth-order valence-corrected chi connectivity index (χ4v) is 4.65. The van der Waals surface area contributed by atoms with Gasteiger partial charge in [0.1, 0.15) is 5.75 Å². The zero-order chi connectivity index (χ0) is 19.4. The van der Waals surface area contributed by atoms with Crippen LogP contribution in [0.5, 0.6) is 5.75 Å². The highest BCUT2D eigenvalue weighted by Crippen LogP contribution is 2.35. The van der Waals surface area contributed by atoms with Crippen LogP contribution in [0.25, 0.3) is 0 Å². The van der Waals surface area contributed by atoms with Crippen LogP contribution in [0.4, 0.5) is 0 Å². The molecule has 0 aliphatic heterocycles. The second-order valence-electron chi connectivity index (χ2n) is 7.57. The Morgan fingerprint density at radius 1 is 0.889 bits per heavy atom. The van der Waals surface area contributed by atoms with Crippen LogP contribution in [0.3, 0.4) is 0 Å². The number of hydrogen-bond acceptors (Lipinski definition) is 4. The van der Waals surface area contributed by atoms with Crippen molar-refractivity contribution in [1.82, 2.24) is 0 Å². The number of rotatable bonds is 6. The first kappa shape index (κ1) is 19.9. The van der Waals surface area contributed by atoms with E-state index in [2.05, 4.69) is 12.1 Å². The maximum Gasteiger partial charge on any atom is 0.297 e. The van der Waals surface area contributed by atoms with Gasteiger partial charge in [0.15, 0.2) is 0 Å². The Kier molecular flexibility index (Phi) is 6.22. The molecule has 2 aromatic rings. The molecule has 0 saturated heterocycles. The quantitative estimate of drug-likeness (QED) is 0.637. The summed E-state index contributed by atoms with van der Waals surface area (Å²) in [4.78, 5) is 0.232. The third kappa shape index (κ3) is 5.33. The molecule has 3 rings (SSSR count). The number of aryl methyl sites for hydroxylation is 1. The first-order valence-corrected chi connectivity index (χ1v) is 11.0. The first-order chi connectivity index (χ1) is 12.8. The summed E-state index contributed by atoms with van der Waals surface area (Å²) in [7, 11) is -3.69. The SMILES string of the molecule is Cc1ccc(S(=O)(=O)OC2CCC(c3ccc(OC(C)C)cc3)CC2)cc1. The van der Waals surface area contributed by atoms with E-state index in [9.17, 15) is 8.42 Å². The lowest BCUT2D eigenvalue weighted by Gasteiger charge is -2.28. The standard InChI is InChI=1S/C22H28O4S/c1-16(2)25-20-10-6-18(7-11-20)19-8-12-21(13-9-19)26-27(23,24)22-14-4-17(3)5-15-22/h4-7,10-11,14-16,19,21H,8-9,12-13H2,1-3H3. The van der Waals surface area contributed by atoms with Gasteiger partial charge in [-0.3, -0.25) is 4.18 Å². The van der Waals surface area contributed by atoms with Crippen LogP contribution in [0.2, 0.25) is 0 Å². The van der Waals surface area contributed by atoms with Gasteiger partial charge in [-0.2, -0.15) is 8.42 Å². The van der Waals surface area contributed by atoms with E-state index in [0.29, 0.717) is 5.92 Å². The molecule has 0 amide bonds. The van der Waals surface area contributed by atoms with Crippen molar-refractivity contribution in [3.05, 3.63) is 59.7 Å². The molecule has 2 aromatic carbocycles. The lowest BCUT2D eigenvalue weighted by molar-refractivity contribution is 0.153. The molecule has 5 heteroatoms. The van der Waals surface area contributed by atoms with Crippen LogP contribution in [0.15, 0.2) is 53.4 Å². The molecule has 1 aliphatic carbocycles. The van der Waals surface area contributed by atoms with E-state index in [4.69, 9.17) is 8.92 Å². The van der Waals surface area contributed by atoms with Gasteiger partial charge >= 0.3 is 0 Å². The Morgan fingerprint density at radius 2 is 1.48 bits per heavy atom. The second-order valence-corrected chi connectivity index (χ2v) is 9.14. The summed E-state index contributed by atoms with van der Waals surface area (Å²) in [6, 6.07) is 15.1. The van der Waals surface area contributed by atoms with Crippen LogP contribution < -0.4 is 4.74 Å². The predicted octanol–water partition coefficient (Wildman–Crippen LogP) is 5.21. The van der Waals surface area contributed by atoms with Crippen molar-refractivity contribution in [2.45, 2.75) is 69.5 Å². The largest absolute Gasteiger partial charge is 0.491 e. The van der Waals surface area contributed by atoms with Gasteiger partial charge in [-0.15, -0.1) is 0 Å². The van der Waals surface area contributed by atoms with Gasteiger partial charge in [0.05, 0.1) is 17.1 Å². The van der Waals surface area contributed by atoms with Gasteiger partial charge in [-0.1, -0.05) is 29.8 Å². The van der Waals surface area contributed by atoms with E-state index in [0.717, 1.165) is 37.0 Å². The lowest BCUT2D eigenvalue weighted by atomic mass is 9.83. The number of benzene rings is 2. The van der Waals surface area contributed by atoms with Gasteiger partial charge in [-0.05, 0) is 82.2 Å². The summed E-state index contributed by atoms with van der Waals surface area (Å²) in [5.41, 5.74) is 2.31. The molecule has 0 aromatic heterocycles. The van der Waals surface area contributed by atoms with E-state index >= 15 is 0 Å². The van der Waals surface area contributed by atoms with E-state index in [1.807, 2.05) is 32.9 Å². The van der Waals surface area contributed by atoms with Crippen LogP contribution >= 0.6 is 0 Å². The molecule has 0 heterocycles. The van der Waals surface area contributed by atoms with E-state index in [1.54, 1.807) is 24.3 Å². The molecule has 1 fully saturated rings. The maximum absolute atomic E-state index is 12.5. The highest BCUT2D eigenvalue weighted by Gasteiger charge is 2.27. The summed E-state index contributed by atoms with van der Waals surface area (Å²) < 4.78 is 36.1. The Balaban J connectivity index is 1.56. The molecular formula is C22H28O4S. The molecule has 0 spiro atoms. The zero-order valence-electron chi connectivity index (χ0n) is 16.2. The highest BCUT2D eigenvalue weighted by atomic mass is 32.2. The molecule has 4 nitrogen and oxygen atoms in total. The normalized spacial score (nSPS) is 20.6. The van der Waals surface area contributed by atoms with Crippen LogP contribution in [0, 0.1) is 6.92 Å². The third-order valence-corrected chi connectivity index (χ3v) is 6.34. The van der Waals surface area contributed by atoms with Crippen molar-refractivity contribution in [3.63, 3.8) is 0 Å². The fourth-order valence-electron chi connectivity index (χ4n) is 3.52. The van der Waals surface area contributed by atoms with Crippen molar-refractivity contribution in [2.24, 2.45) is 0 Å². The Bertz CT molecular complexity index is 831. The van der Waals surface area contributed by atoms with E-state index in [1.165, 1.54) is 5.56 Å². The Morgan fingerprint density at radius 3 is 2.04 bits per heavy atom. The predicted molar refractivity (Wildman–Crippen MR) is 107 cm³/mol. The molecule has 0 bridgehead atoms. The molecule has 0 unspecified atom stereocenters. The van der Waals surface area contributed by atoms with Crippen molar-refractivity contribution < 1.29 is 17.3 Å². The van der Waals surface area contributed by atoms with E-state index in [-0.39, 0.29) is 17.1 Å². The van der Waals surface area contributed by atoms with Gasteiger partial charge in [0.2, 0.25) is 0 Å². The van der Waals surface area contributed by atoms with Crippen molar-refractivity contribution in [1.29, 1.82) is 0 Å². The number of hydrogen-bond donors (Lipinski definition) is 0. The highest BCUT2D eigenvalue weighted by molar-refractivity contribution is 7.86. The smallest absolute Gasteiger partial charge is 0.297 e. The number of ether oxygens (including phenoxy) is 1. The van der Waals surface area contributed by atoms with Crippen LogP contribution in [-0.2, 0) is 14.3 Å². The maximum atomic E-state index is 12.5. The summed E-state index contributed by atoms with van der Waals surface area (Å²) in [6.45, 7) is 5.96. The molecular weight excluding hydrogens is 360 g/mol. The van der Waals surface area contributed by atoms with Crippen molar-refractivity contribution >= 4 is 10.1 Å². The van der Waals surface area contributed by atoms with Crippen LogP contribution in [-0.4, -0.2) is 20.6 Å². The molecule has 1 saturated carbocycles. The Hall–Kier alpha value is -1.85. The van der Waals surface area contributed by atoms with Crippen molar-refractivity contribution in [3.8, 4) is 5.75 Å². The summed E-state index contributed by atoms with van der Waals surface area (Å²) in [5.74, 6) is 1.33. The van der Waals surface area contributed by atoms with Crippen LogP contribution in [0.1, 0.15) is 56.6 Å². The monoisotopic (exact) mass is 388 g/mol. The molecule has 27 heavy (non-hydrogen) atoms. The van der Waals surface area contributed by atoms with Gasteiger partial charge in [0, 0.05) is 0 Å². The second kappa shape index (κ2) is 8.44.